The Bertz CT molecular complexity index is 360. The quantitative estimate of drug-likeness (QED) is 0.817. The summed E-state index contributed by atoms with van der Waals surface area (Å²) in [6.07, 6.45) is 0.387. The van der Waals surface area contributed by atoms with Gasteiger partial charge in [-0.1, -0.05) is 12.1 Å². The standard InChI is InChI=1S/C10H10BrF2N/c1-10(12,13)8-5-6-3-2-4-7(11)9(6)14-8/h2-4,8,14H,5H2,1H3. The van der Waals surface area contributed by atoms with E-state index >= 15 is 0 Å². The number of hydrogen-bond donors (Lipinski definition) is 1. The monoisotopic (exact) mass is 261 g/mol. The molecular weight excluding hydrogens is 252 g/mol. The third-order valence-electron chi connectivity index (χ3n) is 2.45. The summed E-state index contributed by atoms with van der Waals surface area (Å²) in [4.78, 5) is 0. The van der Waals surface area contributed by atoms with Crippen LogP contribution in [-0.2, 0) is 6.42 Å². The van der Waals surface area contributed by atoms with Gasteiger partial charge in [0.2, 0.25) is 0 Å². The van der Waals surface area contributed by atoms with Gasteiger partial charge in [0.15, 0.2) is 0 Å². The fourth-order valence-corrected chi connectivity index (χ4v) is 2.17. The zero-order chi connectivity index (χ0) is 10.3. The highest BCUT2D eigenvalue weighted by Crippen LogP contribution is 2.37. The molecule has 1 heterocycles. The Morgan fingerprint density at radius 1 is 1.50 bits per heavy atom. The van der Waals surface area contributed by atoms with Crippen molar-refractivity contribution in [3.8, 4) is 0 Å². The van der Waals surface area contributed by atoms with E-state index in [1.165, 1.54) is 0 Å². The molecule has 1 aliphatic rings. The van der Waals surface area contributed by atoms with Crippen LogP contribution in [0.5, 0.6) is 0 Å². The van der Waals surface area contributed by atoms with Crippen molar-refractivity contribution in [1.29, 1.82) is 0 Å². The number of nitrogens with one attached hydrogen (secondary N) is 1. The molecule has 0 bridgehead atoms. The number of para-hydroxylation sites is 1. The number of benzene rings is 1. The van der Waals surface area contributed by atoms with Gasteiger partial charge in [0.1, 0.15) is 0 Å². The summed E-state index contributed by atoms with van der Waals surface area (Å²) in [5.41, 5.74) is 1.75. The van der Waals surface area contributed by atoms with Crippen LogP contribution in [0.4, 0.5) is 14.5 Å². The highest BCUT2D eigenvalue weighted by atomic mass is 79.9. The van der Waals surface area contributed by atoms with Crippen LogP contribution >= 0.6 is 15.9 Å². The lowest BCUT2D eigenvalue weighted by atomic mass is 10.1. The van der Waals surface area contributed by atoms with Gasteiger partial charge < -0.3 is 5.32 Å². The van der Waals surface area contributed by atoms with Crippen LogP contribution in [0.25, 0.3) is 0 Å². The van der Waals surface area contributed by atoms with E-state index in [2.05, 4.69) is 21.2 Å². The number of fused-ring (bicyclic) bond motifs is 1. The Balaban J connectivity index is 2.31. The molecule has 1 atom stereocenters. The molecule has 0 radical (unpaired) electrons. The predicted octanol–water partition coefficient (Wildman–Crippen LogP) is 3.44. The molecule has 0 spiro atoms. The topological polar surface area (TPSA) is 12.0 Å². The minimum Gasteiger partial charge on any atom is -0.375 e. The second-order valence-corrected chi connectivity index (χ2v) is 4.49. The maximum Gasteiger partial charge on any atom is 0.265 e. The number of hydrogen-bond acceptors (Lipinski definition) is 1. The van der Waals surface area contributed by atoms with Gasteiger partial charge >= 0.3 is 0 Å². The van der Waals surface area contributed by atoms with Crippen molar-refractivity contribution in [3.63, 3.8) is 0 Å². The average Bonchev–Trinajstić information content (AvgIpc) is 2.48. The van der Waals surface area contributed by atoms with Crippen LogP contribution in [0.2, 0.25) is 0 Å². The van der Waals surface area contributed by atoms with Gasteiger partial charge in [-0.25, -0.2) is 8.78 Å². The van der Waals surface area contributed by atoms with Crippen molar-refractivity contribution in [2.75, 3.05) is 5.32 Å². The minimum atomic E-state index is -2.68. The summed E-state index contributed by atoms with van der Waals surface area (Å²) in [5.74, 6) is -2.68. The van der Waals surface area contributed by atoms with E-state index in [0.717, 1.165) is 22.6 Å². The van der Waals surface area contributed by atoms with Crippen LogP contribution in [0.3, 0.4) is 0 Å². The van der Waals surface area contributed by atoms with E-state index in [-0.39, 0.29) is 0 Å². The first-order valence-electron chi connectivity index (χ1n) is 4.40. The summed E-state index contributed by atoms with van der Waals surface area (Å²) >= 11 is 3.33. The van der Waals surface area contributed by atoms with E-state index in [9.17, 15) is 8.78 Å². The molecule has 1 aliphatic heterocycles. The summed E-state index contributed by atoms with van der Waals surface area (Å²) in [6.45, 7) is 0.949. The van der Waals surface area contributed by atoms with E-state index in [4.69, 9.17) is 0 Å². The largest absolute Gasteiger partial charge is 0.375 e. The fourth-order valence-electron chi connectivity index (χ4n) is 1.65. The van der Waals surface area contributed by atoms with Gasteiger partial charge in [0.25, 0.3) is 5.92 Å². The van der Waals surface area contributed by atoms with Gasteiger partial charge in [0, 0.05) is 17.8 Å². The molecule has 76 valence electrons. The Kier molecular flexibility index (Phi) is 2.26. The van der Waals surface area contributed by atoms with Crippen LogP contribution in [0.15, 0.2) is 22.7 Å². The highest BCUT2D eigenvalue weighted by molar-refractivity contribution is 9.10. The normalized spacial score (nSPS) is 20.4. The Morgan fingerprint density at radius 2 is 2.21 bits per heavy atom. The number of rotatable bonds is 1. The molecule has 1 N–H and O–H groups in total. The van der Waals surface area contributed by atoms with E-state index in [0.29, 0.717) is 6.42 Å². The van der Waals surface area contributed by atoms with Gasteiger partial charge in [0.05, 0.1) is 11.7 Å². The van der Waals surface area contributed by atoms with Crippen molar-refractivity contribution in [2.24, 2.45) is 0 Å². The van der Waals surface area contributed by atoms with Gasteiger partial charge in [-0.15, -0.1) is 0 Å². The molecule has 0 aliphatic carbocycles. The maximum atomic E-state index is 13.0. The zero-order valence-corrected chi connectivity index (χ0v) is 9.24. The predicted molar refractivity (Wildman–Crippen MR) is 55.9 cm³/mol. The third-order valence-corrected chi connectivity index (χ3v) is 3.12. The fraction of sp³-hybridized carbons (Fsp3) is 0.400. The summed E-state index contributed by atoms with van der Waals surface area (Å²) in [5, 5.41) is 2.85. The van der Waals surface area contributed by atoms with E-state index < -0.39 is 12.0 Å². The Labute approximate surface area is 89.6 Å². The van der Waals surface area contributed by atoms with Crippen LogP contribution in [0.1, 0.15) is 12.5 Å². The SMILES string of the molecule is CC(F)(F)C1Cc2cccc(Br)c2N1. The number of halogens is 3. The average molecular weight is 262 g/mol. The first-order chi connectivity index (χ1) is 6.48. The zero-order valence-electron chi connectivity index (χ0n) is 7.65. The lowest BCUT2D eigenvalue weighted by Crippen LogP contribution is -2.35. The van der Waals surface area contributed by atoms with E-state index in [1.807, 2.05) is 18.2 Å². The summed E-state index contributed by atoms with van der Waals surface area (Å²) in [6, 6.07) is 4.80. The molecule has 1 nitrogen and oxygen atoms in total. The van der Waals surface area contributed by atoms with E-state index in [1.54, 1.807) is 0 Å². The molecule has 2 rings (SSSR count). The van der Waals surface area contributed by atoms with Crippen molar-refractivity contribution >= 4 is 21.6 Å². The second kappa shape index (κ2) is 3.19. The molecule has 1 aromatic carbocycles. The molecule has 14 heavy (non-hydrogen) atoms. The molecule has 1 aromatic rings. The first kappa shape index (κ1) is 9.90. The lowest BCUT2D eigenvalue weighted by molar-refractivity contribution is 0.00370. The second-order valence-electron chi connectivity index (χ2n) is 3.63. The molecule has 0 fully saturated rings. The number of alkyl halides is 2. The van der Waals surface area contributed by atoms with Gasteiger partial charge in [-0.3, -0.25) is 0 Å². The highest BCUT2D eigenvalue weighted by Gasteiger charge is 2.38. The Hall–Kier alpha value is -0.640. The number of anilines is 1. The molecular formula is C10H10BrF2N. The minimum absolute atomic E-state index is 0.387. The van der Waals surface area contributed by atoms with Gasteiger partial charge in [-0.05, 0) is 27.6 Å². The lowest BCUT2D eigenvalue weighted by Gasteiger charge is -2.19. The molecule has 0 saturated heterocycles. The van der Waals surface area contributed by atoms with Crippen LogP contribution in [0, 0.1) is 0 Å². The first-order valence-corrected chi connectivity index (χ1v) is 5.19. The molecule has 4 heteroatoms. The van der Waals surface area contributed by atoms with Gasteiger partial charge in [-0.2, -0.15) is 0 Å². The van der Waals surface area contributed by atoms with Crippen LogP contribution < -0.4 is 5.32 Å². The van der Waals surface area contributed by atoms with Crippen molar-refractivity contribution in [1.82, 2.24) is 0 Å². The maximum absolute atomic E-state index is 13.0. The third kappa shape index (κ3) is 1.63. The summed E-state index contributed by atoms with van der Waals surface area (Å²) in [7, 11) is 0. The van der Waals surface area contributed by atoms with Crippen molar-refractivity contribution in [2.45, 2.75) is 25.3 Å². The molecule has 0 aromatic heterocycles. The summed E-state index contributed by atoms with van der Waals surface area (Å²) < 4.78 is 26.9. The smallest absolute Gasteiger partial charge is 0.265 e. The molecule has 1 unspecified atom stereocenters. The molecule has 0 amide bonds. The van der Waals surface area contributed by atoms with Crippen molar-refractivity contribution < 1.29 is 8.78 Å². The van der Waals surface area contributed by atoms with Crippen LogP contribution in [-0.4, -0.2) is 12.0 Å². The van der Waals surface area contributed by atoms with Crippen molar-refractivity contribution in [3.05, 3.63) is 28.2 Å². The molecule has 0 saturated carbocycles. The Morgan fingerprint density at radius 3 is 2.79 bits per heavy atom.